The van der Waals surface area contributed by atoms with Crippen molar-refractivity contribution in [2.75, 3.05) is 23.3 Å². The summed E-state index contributed by atoms with van der Waals surface area (Å²) in [4.78, 5) is 37.7. The maximum Gasteiger partial charge on any atom is 0.326 e. The van der Waals surface area contributed by atoms with E-state index < -0.39 is 23.7 Å². The second kappa shape index (κ2) is 8.40. The lowest BCUT2D eigenvalue weighted by Crippen LogP contribution is -2.51. The summed E-state index contributed by atoms with van der Waals surface area (Å²) in [5, 5.41) is 5.49. The van der Waals surface area contributed by atoms with Crippen molar-refractivity contribution in [3.05, 3.63) is 60.2 Å². The molecule has 3 rings (SSSR count). The molecule has 0 unspecified atom stereocenters. The Kier molecular flexibility index (Phi) is 5.75. The molecule has 0 aromatic heterocycles. The van der Waals surface area contributed by atoms with Crippen LogP contribution in [0.25, 0.3) is 0 Å². The zero-order chi connectivity index (χ0) is 19.2. The number of nitrogens with one attached hydrogen (secondary N) is 2. The van der Waals surface area contributed by atoms with Crippen molar-refractivity contribution in [3.8, 4) is 0 Å². The number of para-hydroxylation sites is 2. The van der Waals surface area contributed by atoms with Gasteiger partial charge in [0.25, 0.3) is 5.91 Å². The average molecular weight is 363 g/mol. The highest BCUT2D eigenvalue weighted by Crippen LogP contribution is 2.28. The first kappa shape index (κ1) is 18.5. The number of nitrogens with zero attached hydrogens (tertiary/aromatic N) is 1. The summed E-state index contributed by atoms with van der Waals surface area (Å²) in [6.07, 6.45) is 0. The quantitative estimate of drug-likeness (QED) is 0.620. The molecular weight excluding hydrogens is 345 g/mol. The van der Waals surface area contributed by atoms with E-state index in [-0.39, 0.29) is 19.7 Å². The minimum absolute atomic E-state index is 0.116. The largest absolute Gasteiger partial charge is 0.459 e. The Balaban J connectivity index is 1.76. The third-order valence-corrected chi connectivity index (χ3v) is 4.10. The third-order valence-electron chi connectivity index (χ3n) is 4.10. The van der Waals surface area contributed by atoms with Crippen LogP contribution in [0, 0.1) is 0 Å². The van der Waals surface area contributed by atoms with Gasteiger partial charge in [-0.15, -0.1) is 0 Å². The number of carbonyl (C=O) groups excluding carboxylic acids is 3. The van der Waals surface area contributed by atoms with Gasteiger partial charge in [0, 0.05) is 6.54 Å². The van der Waals surface area contributed by atoms with E-state index in [1.54, 1.807) is 18.2 Å². The maximum atomic E-state index is 12.9. The first-order valence-electron chi connectivity index (χ1n) is 8.44. The fourth-order valence-corrected chi connectivity index (χ4v) is 2.83. The lowest BCUT2D eigenvalue weighted by atomic mass is 10.1. The van der Waals surface area contributed by atoms with Gasteiger partial charge in [-0.25, -0.2) is 0 Å². The van der Waals surface area contributed by atoms with Crippen LogP contribution in [0.2, 0.25) is 0 Å². The van der Waals surface area contributed by atoms with Crippen molar-refractivity contribution in [1.29, 1.82) is 0 Å². The van der Waals surface area contributed by atoms with E-state index in [1.165, 1.54) is 4.90 Å². The Hall–Kier alpha value is -3.29. The molecule has 1 aliphatic rings. The van der Waals surface area contributed by atoms with Gasteiger partial charge in [-0.05, 0) is 17.7 Å². The van der Waals surface area contributed by atoms with E-state index in [0.29, 0.717) is 11.4 Å². The SMILES string of the molecule is [B]C(=O)N[C@H]1CNc2ccccc2N(CC(=O)OCc2ccccc2)C1=O. The summed E-state index contributed by atoms with van der Waals surface area (Å²) in [7, 11) is 5.16. The second-order valence-corrected chi connectivity index (χ2v) is 6.03. The number of fused-ring (bicyclic) bond motifs is 1. The van der Waals surface area contributed by atoms with E-state index in [4.69, 9.17) is 12.6 Å². The summed E-state index contributed by atoms with van der Waals surface area (Å²) >= 11 is 0. The van der Waals surface area contributed by atoms with Crippen molar-refractivity contribution in [2.45, 2.75) is 12.6 Å². The van der Waals surface area contributed by atoms with Gasteiger partial charge in [-0.2, -0.15) is 0 Å². The van der Waals surface area contributed by atoms with Crippen molar-refractivity contribution < 1.29 is 19.1 Å². The van der Waals surface area contributed by atoms with Crippen molar-refractivity contribution in [2.24, 2.45) is 0 Å². The summed E-state index contributed by atoms with van der Waals surface area (Å²) in [6, 6.07) is 15.4. The smallest absolute Gasteiger partial charge is 0.326 e. The van der Waals surface area contributed by atoms with Gasteiger partial charge in [-0.1, -0.05) is 42.5 Å². The molecule has 2 aromatic rings. The highest BCUT2D eigenvalue weighted by Gasteiger charge is 2.32. The van der Waals surface area contributed by atoms with E-state index in [9.17, 15) is 14.4 Å². The molecule has 1 aliphatic heterocycles. The number of rotatable bonds is 5. The molecule has 0 saturated heterocycles. The van der Waals surface area contributed by atoms with Gasteiger partial charge < -0.3 is 15.4 Å². The molecule has 1 atom stereocenters. The Labute approximate surface area is 158 Å². The molecule has 0 aliphatic carbocycles. The van der Waals surface area contributed by atoms with Gasteiger partial charge in [0.05, 0.1) is 11.4 Å². The Morgan fingerprint density at radius 1 is 1.15 bits per heavy atom. The van der Waals surface area contributed by atoms with Gasteiger partial charge in [0.1, 0.15) is 19.2 Å². The zero-order valence-electron chi connectivity index (χ0n) is 14.6. The minimum atomic E-state index is -0.892. The first-order valence-corrected chi connectivity index (χ1v) is 8.44. The molecule has 0 bridgehead atoms. The first-order chi connectivity index (χ1) is 13.0. The lowest BCUT2D eigenvalue weighted by Gasteiger charge is -2.24. The number of esters is 1. The van der Waals surface area contributed by atoms with Gasteiger partial charge in [0.2, 0.25) is 7.85 Å². The Morgan fingerprint density at radius 3 is 2.59 bits per heavy atom. The number of carbonyl (C=O) groups is 3. The number of anilines is 2. The van der Waals surface area contributed by atoms with Crippen LogP contribution >= 0.6 is 0 Å². The highest BCUT2D eigenvalue weighted by atomic mass is 16.5. The zero-order valence-corrected chi connectivity index (χ0v) is 14.6. The summed E-state index contributed by atoms with van der Waals surface area (Å²) < 4.78 is 5.29. The van der Waals surface area contributed by atoms with Crippen LogP contribution in [0.5, 0.6) is 0 Å². The van der Waals surface area contributed by atoms with Crippen molar-refractivity contribution in [1.82, 2.24) is 5.32 Å². The fourth-order valence-electron chi connectivity index (χ4n) is 2.83. The molecule has 0 saturated carbocycles. The fraction of sp³-hybridized carbons (Fsp3) is 0.211. The molecule has 1 heterocycles. The van der Waals surface area contributed by atoms with E-state index in [1.807, 2.05) is 36.4 Å². The molecule has 2 radical (unpaired) electrons. The number of ether oxygens (including phenoxy) is 1. The van der Waals surface area contributed by atoms with Gasteiger partial charge in [-0.3, -0.25) is 19.3 Å². The molecule has 2 N–H and O–H groups in total. The van der Waals surface area contributed by atoms with Crippen LogP contribution in [0.15, 0.2) is 54.6 Å². The number of amides is 2. The standard InChI is InChI=1S/C19H18BN3O4/c20-19(26)22-15-10-21-14-8-4-5-9-16(14)23(18(15)25)11-17(24)27-12-13-6-2-1-3-7-13/h1-9,15,21H,10-12H2,(H,22,26)/t15-/m0/s1. The van der Waals surface area contributed by atoms with Gasteiger partial charge >= 0.3 is 5.97 Å². The lowest BCUT2D eigenvalue weighted by molar-refractivity contribution is -0.144. The molecule has 7 nitrogen and oxygen atoms in total. The highest BCUT2D eigenvalue weighted by molar-refractivity contribution is 6.57. The average Bonchev–Trinajstić information content (AvgIpc) is 2.79. The van der Waals surface area contributed by atoms with E-state index in [2.05, 4.69) is 10.6 Å². The predicted molar refractivity (Wildman–Crippen MR) is 102 cm³/mol. The summed E-state index contributed by atoms with van der Waals surface area (Å²) in [5.74, 6) is -1.81. The number of benzene rings is 2. The molecule has 8 heteroatoms. The predicted octanol–water partition coefficient (Wildman–Crippen LogP) is 1.44. The van der Waals surface area contributed by atoms with E-state index >= 15 is 0 Å². The third kappa shape index (κ3) is 4.66. The van der Waals surface area contributed by atoms with Crippen LogP contribution in [-0.4, -0.2) is 44.7 Å². The molecule has 0 spiro atoms. The topological polar surface area (TPSA) is 87.7 Å². The van der Waals surface area contributed by atoms with Gasteiger partial charge in [0.15, 0.2) is 5.81 Å². The van der Waals surface area contributed by atoms with Crippen molar-refractivity contribution in [3.63, 3.8) is 0 Å². The monoisotopic (exact) mass is 363 g/mol. The Bertz CT molecular complexity index is 844. The van der Waals surface area contributed by atoms with Crippen LogP contribution in [0.3, 0.4) is 0 Å². The molecule has 136 valence electrons. The van der Waals surface area contributed by atoms with Crippen LogP contribution in [0.1, 0.15) is 5.56 Å². The molecule has 27 heavy (non-hydrogen) atoms. The van der Waals surface area contributed by atoms with Crippen molar-refractivity contribution >= 4 is 36.9 Å². The summed E-state index contributed by atoms with van der Waals surface area (Å²) in [5.41, 5.74) is 2.06. The minimum Gasteiger partial charge on any atom is -0.459 e. The Morgan fingerprint density at radius 2 is 1.85 bits per heavy atom. The normalized spacial score (nSPS) is 15.9. The molecular formula is C19H18BN3O4. The van der Waals surface area contributed by atoms with Crippen LogP contribution in [-0.2, 0) is 20.9 Å². The second-order valence-electron chi connectivity index (χ2n) is 6.03. The van der Waals surface area contributed by atoms with Crippen LogP contribution in [0.4, 0.5) is 16.2 Å². The number of hydrogen-bond donors (Lipinski definition) is 2. The molecule has 0 fully saturated rings. The maximum absolute atomic E-state index is 12.9. The number of hydrogen-bond acceptors (Lipinski definition) is 5. The molecule has 2 amide bonds. The van der Waals surface area contributed by atoms with Crippen LogP contribution < -0.4 is 15.5 Å². The molecule has 2 aromatic carbocycles. The van der Waals surface area contributed by atoms with E-state index in [0.717, 1.165) is 5.56 Å². The summed E-state index contributed by atoms with van der Waals surface area (Å²) in [6.45, 7) is 0.000215.